The summed E-state index contributed by atoms with van der Waals surface area (Å²) in [5, 5.41) is 15.2. The molecule has 3 N–H and O–H groups in total. The van der Waals surface area contributed by atoms with E-state index in [2.05, 4.69) is 10.6 Å². The summed E-state index contributed by atoms with van der Waals surface area (Å²) in [6.45, 7) is 4.02. The largest absolute Gasteiger partial charge is 0.481 e. The summed E-state index contributed by atoms with van der Waals surface area (Å²) in [6, 6.07) is 5.00. The molecule has 134 valence electrons. The van der Waals surface area contributed by atoms with Crippen LogP contribution in [0.25, 0.3) is 0 Å². The van der Waals surface area contributed by atoms with Crippen LogP contribution in [0.5, 0.6) is 0 Å². The average Bonchev–Trinajstić information content (AvgIpc) is 3.08. The molecule has 0 aromatic heterocycles. The lowest BCUT2D eigenvalue weighted by molar-refractivity contribution is -0.149. The fraction of sp³-hybridized carbons (Fsp3) is 0.500. The van der Waals surface area contributed by atoms with Crippen molar-refractivity contribution in [2.75, 3.05) is 23.7 Å². The van der Waals surface area contributed by atoms with Crippen molar-refractivity contribution in [3.8, 4) is 0 Å². The molecule has 1 heterocycles. The van der Waals surface area contributed by atoms with E-state index in [0.29, 0.717) is 24.3 Å². The molecule has 1 aromatic rings. The first kappa shape index (κ1) is 17.3. The third kappa shape index (κ3) is 3.18. The monoisotopic (exact) mass is 345 g/mol. The summed E-state index contributed by atoms with van der Waals surface area (Å²) in [4.78, 5) is 37.2. The SMILES string of the molecule is CC(=O)Nc1ccc(C)c(NC(=O)N2C[C@@H]3CCC[C@@]3(C(=O)O)C2)c1. The minimum atomic E-state index is -0.797. The van der Waals surface area contributed by atoms with Gasteiger partial charge in [0.1, 0.15) is 0 Å². The van der Waals surface area contributed by atoms with E-state index in [1.165, 1.54) is 6.92 Å². The van der Waals surface area contributed by atoms with Crippen LogP contribution in [0.2, 0.25) is 0 Å². The second-order valence-corrected chi connectivity index (χ2v) is 7.07. The molecule has 1 saturated carbocycles. The van der Waals surface area contributed by atoms with E-state index in [0.717, 1.165) is 18.4 Å². The highest BCUT2D eigenvalue weighted by Crippen LogP contribution is 2.48. The van der Waals surface area contributed by atoms with Crippen LogP contribution in [0.15, 0.2) is 18.2 Å². The highest BCUT2D eigenvalue weighted by molar-refractivity contribution is 5.94. The number of aliphatic carboxylic acids is 1. The molecule has 1 saturated heterocycles. The molecule has 2 aliphatic rings. The number of anilines is 2. The Kier molecular flexibility index (Phi) is 4.41. The number of carbonyl (C=O) groups excluding carboxylic acids is 2. The van der Waals surface area contributed by atoms with Gasteiger partial charge < -0.3 is 20.6 Å². The Morgan fingerprint density at radius 2 is 2.04 bits per heavy atom. The van der Waals surface area contributed by atoms with Crippen molar-refractivity contribution in [2.45, 2.75) is 33.1 Å². The van der Waals surface area contributed by atoms with Crippen molar-refractivity contribution in [1.29, 1.82) is 0 Å². The van der Waals surface area contributed by atoms with E-state index in [4.69, 9.17) is 0 Å². The topological polar surface area (TPSA) is 98.7 Å². The standard InChI is InChI=1S/C18H23N3O4/c1-11-5-6-14(19-12(2)22)8-15(11)20-17(25)21-9-13-4-3-7-18(13,10-21)16(23)24/h5-6,8,13H,3-4,7,9-10H2,1-2H3,(H,19,22)(H,20,25)(H,23,24)/t13-,18+/m0/s1. The van der Waals surface area contributed by atoms with Gasteiger partial charge in [-0.25, -0.2) is 4.79 Å². The van der Waals surface area contributed by atoms with Gasteiger partial charge in [-0.15, -0.1) is 0 Å². The highest BCUT2D eigenvalue weighted by Gasteiger charge is 2.55. The number of urea groups is 1. The van der Waals surface area contributed by atoms with Gasteiger partial charge in [0.05, 0.1) is 5.41 Å². The zero-order valence-corrected chi connectivity index (χ0v) is 14.5. The van der Waals surface area contributed by atoms with E-state index in [-0.39, 0.29) is 24.4 Å². The molecule has 25 heavy (non-hydrogen) atoms. The van der Waals surface area contributed by atoms with Crippen LogP contribution in [0.4, 0.5) is 16.2 Å². The Hall–Kier alpha value is -2.57. The molecule has 7 nitrogen and oxygen atoms in total. The second-order valence-electron chi connectivity index (χ2n) is 7.07. The Morgan fingerprint density at radius 3 is 2.68 bits per heavy atom. The van der Waals surface area contributed by atoms with Crippen molar-refractivity contribution >= 4 is 29.3 Å². The summed E-state index contributed by atoms with van der Waals surface area (Å²) >= 11 is 0. The van der Waals surface area contributed by atoms with Crippen LogP contribution >= 0.6 is 0 Å². The normalized spacial score (nSPS) is 24.7. The molecule has 2 fully saturated rings. The van der Waals surface area contributed by atoms with Gasteiger partial charge in [-0.2, -0.15) is 0 Å². The number of fused-ring (bicyclic) bond motifs is 1. The highest BCUT2D eigenvalue weighted by atomic mass is 16.4. The molecule has 0 spiro atoms. The third-order valence-corrected chi connectivity index (χ3v) is 5.38. The van der Waals surface area contributed by atoms with Gasteiger partial charge in [0.2, 0.25) is 5.91 Å². The molecule has 3 rings (SSSR count). The Balaban J connectivity index is 1.73. The molecular weight excluding hydrogens is 322 g/mol. The number of nitrogens with one attached hydrogen (secondary N) is 2. The summed E-state index contributed by atoms with van der Waals surface area (Å²) in [7, 11) is 0. The van der Waals surface area contributed by atoms with Crippen LogP contribution < -0.4 is 10.6 Å². The van der Waals surface area contributed by atoms with Gasteiger partial charge in [0, 0.05) is 31.4 Å². The first-order chi connectivity index (χ1) is 11.8. The van der Waals surface area contributed by atoms with Gasteiger partial charge >= 0.3 is 12.0 Å². The second kappa shape index (κ2) is 6.38. The van der Waals surface area contributed by atoms with Gasteiger partial charge in [0.15, 0.2) is 0 Å². The first-order valence-corrected chi connectivity index (χ1v) is 8.49. The first-order valence-electron chi connectivity index (χ1n) is 8.49. The zero-order chi connectivity index (χ0) is 18.2. The van der Waals surface area contributed by atoms with Crippen LogP contribution in [-0.4, -0.2) is 41.0 Å². The quantitative estimate of drug-likeness (QED) is 0.784. The number of aryl methyl sites for hydroxylation is 1. The summed E-state index contributed by atoms with van der Waals surface area (Å²) in [5.41, 5.74) is 1.30. The molecule has 3 amide bonds. The summed E-state index contributed by atoms with van der Waals surface area (Å²) < 4.78 is 0. The number of rotatable bonds is 3. The average molecular weight is 345 g/mol. The maximum atomic E-state index is 12.6. The molecule has 0 unspecified atom stereocenters. The lowest BCUT2D eigenvalue weighted by Crippen LogP contribution is -2.38. The fourth-order valence-corrected chi connectivity index (χ4v) is 4.03. The Bertz CT molecular complexity index is 733. The van der Waals surface area contributed by atoms with E-state index in [1.807, 2.05) is 13.0 Å². The Labute approximate surface area is 146 Å². The maximum absolute atomic E-state index is 12.6. The molecule has 2 atom stereocenters. The molecule has 1 aliphatic heterocycles. The number of hydrogen-bond acceptors (Lipinski definition) is 3. The fourth-order valence-electron chi connectivity index (χ4n) is 4.03. The lowest BCUT2D eigenvalue weighted by Gasteiger charge is -2.23. The van der Waals surface area contributed by atoms with Crippen LogP contribution in [0, 0.1) is 18.3 Å². The van der Waals surface area contributed by atoms with Gasteiger partial charge in [0.25, 0.3) is 0 Å². The number of hydrogen-bond donors (Lipinski definition) is 3. The van der Waals surface area contributed by atoms with E-state index < -0.39 is 11.4 Å². The van der Waals surface area contributed by atoms with Crippen LogP contribution in [-0.2, 0) is 9.59 Å². The number of nitrogens with zero attached hydrogens (tertiary/aromatic N) is 1. The molecule has 1 aromatic carbocycles. The maximum Gasteiger partial charge on any atom is 0.321 e. The van der Waals surface area contributed by atoms with Crippen LogP contribution in [0.3, 0.4) is 0 Å². The molecule has 0 radical (unpaired) electrons. The van der Waals surface area contributed by atoms with E-state index in [1.54, 1.807) is 17.0 Å². The smallest absolute Gasteiger partial charge is 0.321 e. The molecule has 1 aliphatic carbocycles. The van der Waals surface area contributed by atoms with Gasteiger partial charge in [-0.1, -0.05) is 12.5 Å². The minimum Gasteiger partial charge on any atom is -0.481 e. The summed E-state index contributed by atoms with van der Waals surface area (Å²) in [5.74, 6) is -0.950. The number of carboxylic acid groups (broad SMARTS) is 1. The molecule has 7 heteroatoms. The van der Waals surface area contributed by atoms with Crippen molar-refractivity contribution < 1.29 is 19.5 Å². The predicted molar refractivity (Wildman–Crippen MR) is 93.5 cm³/mol. The third-order valence-electron chi connectivity index (χ3n) is 5.38. The zero-order valence-electron chi connectivity index (χ0n) is 14.5. The van der Waals surface area contributed by atoms with Crippen molar-refractivity contribution in [3.63, 3.8) is 0 Å². The van der Waals surface area contributed by atoms with Crippen molar-refractivity contribution in [1.82, 2.24) is 4.90 Å². The minimum absolute atomic E-state index is 0.0301. The van der Waals surface area contributed by atoms with Gasteiger partial charge in [-0.3, -0.25) is 9.59 Å². The number of likely N-dealkylation sites (tertiary alicyclic amines) is 1. The summed E-state index contributed by atoms with van der Waals surface area (Å²) in [6.07, 6.45) is 2.39. The van der Waals surface area contributed by atoms with E-state index in [9.17, 15) is 19.5 Å². The number of amides is 3. The van der Waals surface area contributed by atoms with E-state index >= 15 is 0 Å². The molecular formula is C18H23N3O4. The van der Waals surface area contributed by atoms with Crippen molar-refractivity contribution in [3.05, 3.63) is 23.8 Å². The van der Waals surface area contributed by atoms with Crippen LogP contribution in [0.1, 0.15) is 31.7 Å². The Morgan fingerprint density at radius 1 is 1.28 bits per heavy atom. The number of carboxylic acids is 1. The number of carbonyl (C=O) groups is 3. The molecule has 0 bridgehead atoms. The lowest BCUT2D eigenvalue weighted by atomic mass is 9.81. The number of benzene rings is 1. The predicted octanol–water partition coefficient (Wildman–Crippen LogP) is 2.67. The van der Waals surface area contributed by atoms with Gasteiger partial charge in [-0.05, 0) is 43.4 Å². The van der Waals surface area contributed by atoms with Crippen molar-refractivity contribution in [2.24, 2.45) is 11.3 Å².